The van der Waals surface area contributed by atoms with Gasteiger partial charge in [0.25, 0.3) is 5.91 Å². The molecule has 2 rings (SSSR count). The van der Waals surface area contributed by atoms with Gasteiger partial charge in [-0.2, -0.15) is 0 Å². The van der Waals surface area contributed by atoms with Gasteiger partial charge in [0.15, 0.2) is 5.13 Å². The van der Waals surface area contributed by atoms with Crippen molar-refractivity contribution < 1.29 is 13.2 Å². The van der Waals surface area contributed by atoms with Crippen molar-refractivity contribution in [3.63, 3.8) is 0 Å². The number of nitrogens with one attached hydrogen (secondary N) is 1. The van der Waals surface area contributed by atoms with E-state index < -0.39 is 10.0 Å². The Hall–Kier alpha value is -1.71. The number of benzene rings is 1. The van der Waals surface area contributed by atoms with Gasteiger partial charge in [0.1, 0.15) is 0 Å². The Morgan fingerprint density at radius 3 is 2.81 bits per heavy atom. The maximum absolute atomic E-state index is 12.0. The van der Waals surface area contributed by atoms with Crippen LogP contribution in [0.2, 0.25) is 0 Å². The van der Waals surface area contributed by atoms with E-state index in [1.54, 1.807) is 18.2 Å². The number of carbonyl (C=O) groups excluding carboxylic acids is 1. The summed E-state index contributed by atoms with van der Waals surface area (Å²) < 4.78 is 25.1. The number of anilines is 1. The lowest BCUT2D eigenvalue weighted by atomic mass is 10.2. The summed E-state index contributed by atoms with van der Waals surface area (Å²) in [5.41, 5.74) is 6.80. The summed E-state index contributed by atoms with van der Waals surface area (Å²) in [6.07, 6.45) is 0. The standard InChI is InChI=1S/C12H16N4O3S2/c1-16(2)21(18,19)6-5-14-11(17)8-3-4-9-10(7-8)20-12(13)15-9/h3-4,7H,5-6H2,1-2H3,(H2,13,15)(H,14,17). The number of amides is 1. The first kappa shape index (κ1) is 15.7. The number of carbonyl (C=O) groups is 1. The van der Waals surface area contributed by atoms with E-state index in [1.165, 1.54) is 25.4 Å². The largest absolute Gasteiger partial charge is 0.375 e. The zero-order valence-corrected chi connectivity index (χ0v) is 13.3. The SMILES string of the molecule is CN(C)S(=O)(=O)CCNC(=O)c1ccc2nc(N)sc2c1. The summed E-state index contributed by atoms with van der Waals surface area (Å²) in [5, 5.41) is 3.03. The molecule has 0 saturated heterocycles. The minimum absolute atomic E-state index is 0.0578. The second-order valence-electron chi connectivity index (χ2n) is 4.59. The lowest BCUT2D eigenvalue weighted by Crippen LogP contribution is -2.33. The molecule has 1 heterocycles. The van der Waals surface area contributed by atoms with Gasteiger partial charge in [-0.3, -0.25) is 4.79 Å². The fraction of sp³-hybridized carbons (Fsp3) is 0.333. The molecule has 0 aliphatic rings. The molecule has 0 spiro atoms. The molecule has 0 atom stereocenters. The molecule has 9 heteroatoms. The minimum atomic E-state index is -3.31. The number of nitrogens with zero attached hydrogens (tertiary/aromatic N) is 2. The minimum Gasteiger partial charge on any atom is -0.375 e. The number of fused-ring (bicyclic) bond motifs is 1. The molecule has 0 bridgehead atoms. The molecule has 7 nitrogen and oxygen atoms in total. The summed E-state index contributed by atoms with van der Waals surface area (Å²) in [4.78, 5) is 16.1. The van der Waals surface area contributed by atoms with Crippen LogP contribution in [0.4, 0.5) is 5.13 Å². The molecular weight excluding hydrogens is 312 g/mol. The number of hydrogen-bond acceptors (Lipinski definition) is 6. The fourth-order valence-corrected chi connectivity index (χ4v) is 3.16. The third kappa shape index (κ3) is 3.69. The van der Waals surface area contributed by atoms with Gasteiger partial charge in [-0.15, -0.1) is 0 Å². The quantitative estimate of drug-likeness (QED) is 0.831. The van der Waals surface area contributed by atoms with E-state index in [4.69, 9.17) is 5.73 Å². The van der Waals surface area contributed by atoms with Crippen LogP contribution in [0, 0.1) is 0 Å². The van der Waals surface area contributed by atoms with Gasteiger partial charge in [-0.1, -0.05) is 11.3 Å². The van der Waals surface area contributed by atoms with Crippen LogP contribution in [0.1, 0.15) is 10.4 Å². The number of nitrogen functional groups attached to an aromatic ring is 1. The highest BCUT2D eigenvalue weighted by atomic mass is 32.2. The Bertz CT molecular complexity index is 768. The van der Waals surface area contributed by atoms with Crippen molar-refractivity contribution in [1.82, 2.24) is 14.6 Å². The van der Waals surface area contributed by atoms with Crippen molar-refractivity contribution in [2.75, 3.05) is 32.1 Å². The Labute approximate surface area is 126 Å². The number of sulfonamides is 1. The van der Waals surface area contributed by atoms with E-state index in [0.717, 1.165) is 14.5 Å². The summed E-state index contributed by atoms with van der Waals surface area (Å²) in [6.45, 7) is 0.0578. The van der Waals surface area contributed by atoms with Crippen LogP contribution in [-0.2, 0) is 10.0 Å². The molecule has 1 aromatic carbocycles. The molecule has 0 aliphatic carbocycles. The van der Waals surface area contributed by atoms with E-state index in [0.29, 0.717) is 10.7 Å². The molecule has 21 heavy (non-hydrogen) atoms. The van der Waals surface area contributed by atoms with Gasteiger partial charge < -0.3 is 11.1 Å². The lowest BCUT2D eigenvalue weighted by Gasteiger charge is -2.11. The third-order valence-corrected chi connectivity index (χ3v) is 5.55. The maximum Gasteiger partial charge on any atom is 0.251 e. The van der Waals surface area contributed by atoms with Crippen molar-refractivity contribution in [2.24, 2.45) is 0 Å². The Morgan fingerprint density at radius 2 is 2.14 bits per heavy atom. The van der Waals surface area contributed by atoms with Crippen LogP contribution >= 0.6 is 11.3 Å². The molecule has 1 aromatic heterocycles. The highest BCUT2D eigenvalue weighted by Gasteiger charge is 2.14. The summed E-state index contributed by atoms with van der Waals surface area (Å²) >= 11 is 1.30. The normalized spacial score (nSPS) is 12.0. The summed E-state index contributed by atoms with van der Waals surface area (Å²) in [6, 6.07) is 5.05. The highest BCUT2D eigenvalue weighted by Crippen LogP contribution is 2.24. The summed E-state index contributed by atoms with van der Waals surface area (Å²) in [5.74, 6) is -0.459. The van der Waals surface area contributed by atoms with Gasteiger partial charge in [-0.25, -0.2) is 17.7 Å². The smallest absolute Gasteiger partial charge is 0.251 e. The Morgan fingerprint density at radius 1 is 1.43 bits per heavy atom. The Kier molecular flexibility index (Phi) is 4.45. The van der Waals surface area contributed by atoms with Crippen LogP contribution in [0.25, 0.3) is 10.2 Å². The number of thiazole rings is 1. The van der Waals surface area contributed by atoms with E-state index in [9.17, 15) is 13.2 Å². The van der Waals surface area contributed by atoms with Crippen molar-refractivity contribution in [2.45, 2.75) is 0 Å². The van der Waals surface area contributed by atoms with Crippen LogP contribution in [0.15, 0.2) is 18.2 Å². The first-order valence-corrected chi connectivity index (χ1v) is 8.56. The van der Waals surface area contributed by atoms with E-state index in [-0.39, 0.29) is 18.2 Å². The monoisotopic (exact) mass is 328 g/mol. The van der Waals surface area contributed by atoms with Gasteiger partial charge >= 0.3 is 0 Å². The van der Waals surface area contributed by atoms with Crippen LogP contribution in [0.5, 0.6) is 0 Å². The van der Waals surface area contributed by atoms with Crippen molar-refractivity contribution >= 4 is 42.6 Å². The zero-order valence-electron chi connectivity index (χ0n) is 11.7. The number of rotatable bonds is 5. The number of nitrogens with two attached hydrogens (primary N) is 1. The molecule has 0 fully saturated rings. The first-order chi connectivity index (χ1) is 9.79. The average molecular weight is 328 g/mol. The van der Waals surface area contributed by atoms with Gasteiger partial charge in [-0.05, 0) is 18.2 Å². The highest BCUT2D eigenvalue weighted by molar-refractivity contribution is 7.89. The molecule has 0 aliphatic heterocycles. The van der Waals surface area contributed by atoms with Crippen molar-refractivity contribution in [3.05, 3.63) is 23.8 Å². The van der Waals surface area contributed by atoms with Crippen LogP contribution in [-0.4, -0.2) is 50.0 Å². The molecule has 3 N–H and O–H groups in total. The maximum atomic E-state index is 12.0. The van der Waals surface area contributed by atoms with Crippen molar-refractivity contribution in [1.29, 1.82) is 0 Å². The Balaban J connectivity index is 2.02. The van der Waals surface area contributed by atoms with Crippen LogP contribution in [0.3, 0.4) is 0 Å². The first-order valence-electron chi connectivity index (χ1n) is 6.14. The second kappa shape index (κ2) is 5.96. The second-order valence-corrected chi connectivity index (χ2v) is 7.95. The predicted octanol–water partition coefficient (Wildman–Crippen LogP) is 0.500. The van der Waals surface area contributed by atoms with E-state index >= 15 is 0 Å². The van der Waals surface area contributed by atoms with Gasteiger partial charge in [0.2, 0.25) is 10.0 Å². The lowest BCUT2D eigenvalue weighted by molar-refractivity contribution is 0.0956. The van der Waals surface area contributed by atoms with Gasteiger partial charge in [0.05, 0.1) is 16.0 Å². The predicted molar refractivity (Wildman–Crippen MR) is 83.8 cm³/mol. The number of hydrogen-bond donors (Lipinski definition) is 2. The summed E-state index contributed by atoms with van der Waals surface area (Å²) in [7, 11) is -0.398. The zero-order chi connectivity index (χ0) is 15.6. The van der Waals surface area contributed by atoms with E-state index in [1.807, 2.05) is 0 Å². The molecule has 1 amide bonds. The molecule has 114 valence electrons. The van der Waals surface area contributed by atoms with Crippen LogP contribution < -0.4 is 11.1 Å². The molecule has 0 saturated carbocycles. The third-order valence-electron chi connectivity index (χ3n) is 2.87. The molecule has 0 unspecified atom stereocenters. The van der Waals surface area contributed by atoms with Gasteiger partial charge in [0, 0.05) is 26.2 Å². The molecular formula is C12H16N4O3S2. The van der Waals surface area contributed by atoms with E-state index in [2.05, 4.69) is 10.3 Å². The topological polar surface area (TPSA) is 105 Å². The van der Waals surface area contributed by atoms with Crippen molar-refractivity contribution in [3.8, 4) is 0 Å². The molecule has 0 radical (unpaired) electrons. The fourth-order valence-electron chi connectivity index (χ4n) is 1.66. The number of aromatic nitrogens is 1. The molecule has 2 aromatic rings. The average Bonchev–Trinajstić information content (AvgIpc) is 2.77.